The van der Waals surface area contributed by atoms with Crippen molar-refractivity contribution in [2.75, 3.05) is 0 Å². The minimum Gasteiger partial charge on any atom is -0.249 e. The fraction of sp³-hybridized carbons (Fsp3) is 0.867. The summed E-state index contributed by atoms with van der Waals surface area (Å²) in [5.74, 6) is 0.858. The molecule has 0 spiro atoms. The molecule has 1 aromatic heterocycles. The quantitative estimate of drug-likeness (QED) is 0.583. The van der Waals surface area contributed by atoms with Gasteiger partial charge in [-0.05, 0) is 18.8 Å². The van der Waals surface area contributed by atoms with Crippen LogP contribution < -0.4 is 0 Å². The zero-order chi connectivity index (χ0) is 13.2. The van der Waals surface area contributed by atoms with Gasteiger partial charge in [-0.2, -0.15) is 0 Å². The van der Waals surface area contributed by atoms with Gasteiger partial charge in [-0.15, -0.1) is 5.10 Å². The van der Waals surface area contributed by atoms with E-state index >= 15 is 0 Å². The molecule has 0 bridgehead atoms. The molecule has 0 saturated heterocycles. The highest BCUT2D eigenvalue weighted by Gasteiger charge is 2.02. The molecular formula is C15H29N3. The highest BCUT2D eigenvalue weighted by atomic mass is 15.4. The molecule has 0 aliphatic heterocycles. The van der Waals surface area contributed by atoms with Gasteiger partial charge in [-0.25, -0.2) is 4.68 Å². The van der Waals surface area contributed by atoms with E-state index in [0.717, 1.165) is 18.9 Å². The van der Waals surface area contributed by atoms with Crippen molar-refractivity contribution >= 4 is 0 Å². The number of nitrogens with zero attached hydrogens (tertiary/aromatic N) is 3. The van der Waals surface area contributed by atoms with Gasteiger partial charge < -0.3 is 0 Å². The summed E-state index contributed by atoms with van der Waals surface area (Å²) in [6.07, 6.45) is 12.3. The summed E-state index contributed by atoms with van der Waals surface area (Å²) in [6.45, 7) is 7.85. The van der Waals surface area contributed by atoms with E-state index in [1.807, 2.05) is 6.20 Å². The van der Waals surface area contributed by atoms with Crippen LogP contribution in [0.4, 0.5) is 0 Å². The Morgan fingerprint density at radius 1 is 1.11 bits per heavy atom. The molecule has 1 aromatic rings. The van der Waals surface area contributed by atoms with Crippen molar-refractivity contribution in [3.8, 4) is 0 Å². The Kier molecular flexibility index (Phi) is 7.70. The average Bonchev–Trinajstić information content (AvgIpc) is 2.76. The molecule has 1 rings (SSSR count). The number of unbranched alkanes of at least 4 members (excludes halogenated alkanes) is 4. The molecule has 18 heavy (non-hydrogen) atoms. The summed E-state index contributed by atoms with van der Waals surface area (Å²) in [5.41, 5.74) is 1.29. The molecule has 0 amide bonds. The predicted octanol–water partition coefficient (Wildman–Crippen LogP) is 4.23. The van der Waals surface area contributed by atoms with Crippen LogP contribution in [0.15, 0.2) is 6.20 Å². The SMILES string of the molecule is CCCc1cnnn1CCCCCCCC(C)C. The van der Waals surface area contributed by atoms with Gasteiger partial charge in [0.15, 0.2) is 0 Å². The first kappa shape index (κ1) is 15.2. The van der Waals surface area contributed by atoms with Gasteiger partial charge in [0.05, 0.1) is 11.9 Å². The monoisotopic (exact) mass is 251 g/mol. The molecule has 3 nitrogen and oxygen atoms in total. The summed E-state index contributed by atoms with van der Waals surface area (Å²) < 4.78 is 2.08. The third kappa shape index (κ3) is 6.18. The molecular weight excluding hydrogens is 222 g/mol. The lowest BCUT2D eigenvalue weighted by Gasteiger charge is -2.06. The van der Waals surface area contributed by atoms with Crippen LogP contribution in [0.25, 0.3) is 0 Å². The maximum atomic E-state index is 4.16. The summed E-state index contributed by atoms with van der Waals surface area (Å²) in [7, 11) is 0. The first-order valence-corrected chi connectivity index (χ1v) is 7.61. The summed E-state index contributed by atoms with van der Waals surface area (Å²) in [4.78, 5) is 0. The maximum Gasteiger partial charge on any atom is 0.0725 e. The predicted molar refractivity (Wildman–Crippen MR) is 76.6 cm³/mol. The van der Waals surface area contributed by atoms with Crippen LogP contribution in [0, 0.1) is 5.92 Å². The van der Waals surface area contributed by atoms with Crippen LogP contribution >= 0.6 is 0 Å². The van der Waals surface area contributed by atoms with E-state index in [2.05, 4.69) is 35.8 Å². The second-order valence-electron chi connectivity index (χ2n) is 5.65. The molecule has 0 fully saturated rings. The molecule has 0 N–H and O–H groups in total. The normalized spacial score (nSPS) is 11.3. The van der Waals surface area contributed by atoms with Gasteiger partial charge in [0.1, 0.15) is 0 Å². The topological polar surface area (TPSA) is 30.7 Å². The molecule has 1 heterocycles. The average molecular weight is 251 g/mol. The van der Waals surface area contributed by atoms with E-state index < -0.39 is 0 Å². The van der Waals surface area contributed by atoms with Crippen molar-refractivity contribution in [2.45, 2.75) is 78.7 Å². The van der Waals surface area contributed by atoms with Crippen molar-refractivity contribution in [3.63, 3.8) is 0 Å². The van der Waals surface area contributed by atoms with Crippen molar-refractivity contribution < 1.29 is 0 Å². The van der Waals surface area contributed by atoms with E-state index in [0.29, 0.717) is 0 Å². The highest BCUT2D eigenvalue weighted by Crippen LogP contribution is 2.11. The second kappa shape index (κ2) is 9.12. The molecule has 0 saturated carbocycles. The smallest absolute Gasteiger partial charge is 0.0725 e. The number of hydrogen-bond acceptors (Lipinski definition) is 2. The van der Waals surface area contributed by atoms with Crippen LogP contribution in [0.5, 0.6) is 0 Å². The van der Waals surface area contributed by atoms with Crippen LogP contribution in [0.1, 0.15) is 71.4 Å². The minimum atomic E-state index is 0.858. The Bertz CT molecular complexity index is 304. The van der Waals surface area contributed by atoms with Gasteiger partial charge >= 0.3 is 0 Å². The lowest BCUT2D eigenvalue weighted by molar-refractivity contribution is 0.483. The van der Waals surface area contributed by atoms with Gasteiger partial charge in [-0.3, -0.25) is 0 Å². The fourth-order valence-corrected chi connectivity index (χ4v) is 2.26. The summed E-state index contributed by atoms with van der Waals surface area (Å²) in [6, 6.07) is 0. The van der Waals surface area contributed by atoms with Crippen LogP contribution in [0.3, 0.4) is 0 Å². The lowest BCUT2D eigenvalue weighted by atomic mass is 10.0. The Morgan fingerprint density at radius 3 is 2.56 bits per heavy atom. The molecule has 0 atom stereocenters. The van der Waals surface area contributed by atoms with Crippen molar-refractivity contribution in [1.29, 1.82) is 0 Å². The van der Waals surface area contributed by atoms with E-state index in [9.17, 15) is 0 Å². The zero-order valence-electron chi connectivity index (χ0n) is 12.4. The minimum absolute atomic E-state index is 0.858. The van der Waals surface area contributed by atoms with Crippen molar-refractivity contribution in [2.24, 2.45) is 5.92 Å². The standard InChI is InChI=1S/C15H29N3/c1-4-10-15-13-16-17-18(15)12-9-7-5-6-8-11-14(2)3/h13-14H,4-12H2,1-3H3. The molecule has 0 aliphatic rings. The Balaban J connectivity index is 2.05. The van der Waals surface area contributed by atoms with Crippen LogP contribution in [0.2, 0.25) is 0 Å². The Labute approximate surface area is 112 Å². The van der Waals surface area contributed by atoms with E-state index in [1.54, 1.807) is 0 Å². The summed E-state index contributed by atoms with van der Waals surface area (Å²) in [5, 5.41) is 8.16. The maximum absolute atomic E-state index is 4.16. The van der Waals surface area contributed by atoms with Gasteiger partial charge in [-0.1, -0.05) is 64.5 Å². The Morgan fingerprint density at radius 2 is 1.83 bits per heavy atom. The first-order chi connectivity index (χ1) is 8.74. The molecule has 0 aliphatic carbocycles. The lowest BCUT2D eigenvalue weighted by Crippen LogP contribution is -2.05. The number of aromatic nitrogens is 3. The summed E-state index contributed by atoms with van der Waals surface area (Å²) >= 11 is 0. The Hall–Kier alpha value is -0.860. The van der Waals surface area contributed by atoms with E-state index in [4.69, 9.17) is 0 Å². The van der Waals surface area contributed by atoms with Crippen LogP contribution in [-0.2, 0) is 13.0 Å². The van der Waals surface area contributed by atoms with Crippen molar-refractivity contribution in [1.82, 2.24) is 15.0 Å². The van der Waals surface area contributed by atoms with Crippen LogP contribution in [-0.4, -0.2) is 15.0 Å². The number of rotatable bonds is 10. The number of aryl methyl sites for hydroxylation is 2. The molecule has 104 valence electrons. The first-order valence-electron chi connectivity index (χ1n) is 7.61. The zero-order valence-corrected chi connectivity index (χ0v) is 12.4. The molecule has 0 unspecified atom stereocenters. The van der Waals surface area contributed by atoms with Gasteiger partial charge in [0.2, 0.25) is 0 Å². The third-order valence-electron chi connectivity index (χ3n) is 3.36. The molecule has 0 aromatic carbocycles. The third-order valence-corrected chi connectivity index (χ3v) is 3.36. The van der Waals surface area contributed by atoms with Gasteiger partial charge in [0.25, 0.3) is 0 Å². The largest absolute Gasteiger partial charge is 0.249 e. The molecule has 0 radical (unpaired) electrons. The van der Waals surface area contributed by atoms with E-state index in [-0.39, 0.29) is 0 Å². The second-order valence-corrected chi connectivity index (χ2v) is 5.65. The highest BCUT2D eigenvalue weighted by molar-refractivity contribution is 4.93. The van der Waals surface area contributed by atoms with Gasteiger partial charge in [0, 0.05) is 6.54 Å². The van der Waals surface area contributed by atoms with Crippen molar-refractivity contribution in [3.05, 3.63) is 11.9 Å². The number of hydrogen-bond donors (Lipinski definition) is 0. The molecule has 3 heteroatoms. The van der Waals surface area contributed by atoms with E-state index in [1.165, 1.54) is 50.6 Å². The fourth-order valence-electron chi connectivity index (χ4n) is 2.26.